The molecule has 0 heterocycles. The van der Waals surface area contributed by atoms with Crippen molar-refractivity contribution in [3.05, 3.63) is 0 Å². The van der Waals surface area contributed by atoms with Crippen LogP contribution in [0.15, 0.2) is 0 Å². The Morgan fingerprint density at radius 1 is 2.00 bits per heavy atom. The zero-order valence-corrected chi connectivity index (χ0v) is 3.83. The van der Waals surface area contributed by atoms with Crippen molar-refractivity contribution in [2.75, 3.05) is 5.88 Å². The molecule has 0 aromatic rings. The third-order valence-electron chi connectivity index (χ3n) is 0.282. The molecule has 1 nitrogen and oxygen atoms in total. The molecule has 0 unspecified atom stereocenters. The van der Waals surface area contributed by atoms with Gasteiger partial charge in [-0.3, -0.25) is 4.79 Å². The van der Waals surface area contributed by atoms with Crippen LogP contribution >= 0.6 is 11.6 Å². The molecular weight excluding hydrogens is 99.5 g/mol. The number of terminal acetylenes is 1. The van der Waals surface area contributed by atoms with Gasteiger partial charge in [-0.15, -0.1) is 18.0 Å². The zero-order valence-electron chi connectivity index (χ0n) is 3.07. The van der Waals surface area contributed by atoms with Crippen molar-refractivity contribution in [1.82, 2.24) is 0 Å². The molecule has 0 amide bonds. The number of Topliss-reactive ketones (excluding diaryl/α,β-unsaturated/α-hetero) is 1. The highest BCUT2D eigenvalue weighted by molar-refractivity contribution is 6.30. The van der Waals surface area contributed by atoms with Gasteiger partial charge in [-0.2, -0.15) is 0 Å². The maximum Gasteiger partial charge on any atom is 0.219 e. The third kappa shape index (κ3) is 1.80. The fourth-order valence-corrected chi connectivity index (χ4v) is 0.116. The molecule has 0 saturated heterocycles. The van der Waals surface area contributed by atoms with Gasteiger partial charge in [-0.25, -0.2) is 0 Å². The second-order valence-corrected chi connectivity index (χ2v) is 0.968. The molecule has 0 aliphatic carbocycles. The van der Waals surface area contributed by atoms with Crippen LogP contribution in [0.3, 0.4) is 0 Å². The molecule has 0 aliphatic heterocycles. The first-order chi connectivity index (χ1) is 2.81. The normalized spacial score (nSPS) is 6.67. The first-order valence-corrected chi connectivity index (χ1v) is 1.90. The molecule has 0 aromatic heterocycles. The number of hydrogen-bond donors (Lipinski definition) is 0. The first-order valence-electron chi connectivity index (χ1n) is 1.36. The van der Waals surface area contributed by atoms with E-state index in [2.05, 4.69) is 6.42 Å². The molecule has 0 N–H and O–H groups in total. The Hall–Kier alpha value is -0.480. The van der Waals surface area contributed by atoms with E-state index >= 15 is 0 Å². The minimum atomic E-state index is -0.364. The number of carbonyl (C=O) groups excluding carboxylic acids is 1. The fraction of sp³-hybridized carbons (Fsp3) is 0.250. The van der Waals surface area contributed by atoms with Crippen molar-refractivity contribution in [3.63, 3.8) is 0 Å². The monoisotopic (exact) mass is 102 g/mol. The SMILES string of the molecule is C#CC(=O)CCl. The van der Waals surface area contributed by atoms with E-state index in [0.717, 1.165) is 0 Å². The molecule has 0 fully saturated rings. The van der Waals surface area contributed by atoms with Gasteiger partial charge >= 0.3 is 0 Å². The molecule has 32 valence electrons. The summed E-state index contributed by atoms with van der Waals surface area (Å²) in [4.78, 5) is 9.81. The van der Waals surface area contributed by atoms with Crippen LogP contribution in [0.5, 0.6) is 0 Å². The van der Waals surface area contributed by atoms with Crippen molar-refractivity contribution < 1.29 is 4.79 Å². The predicted octanol–water partition coefficient (Wildman–Crippen LogP) is 0.427. The highest BCUT2D eigenvalue weighted by Crippen LogP contribution is 1.72. The highest BCUT2D eigenvalue weighted by Gasteiger charge is 1.85. The summed E-state index contributed by atoms with van der Waals surface area (Å²) in [7, 11) is 0. The molecular formula is C4H3ClO. The molecule has 0 radical (unpaired) electrons. The molecule has 0 saturated carbocycles. The minimum absolute atomic E-state index is 0.0729. The Morgan fingerprint density at radius 2 is 2.50 bits per heavy atom. The van der Waals surface area contributed by atoms with Crippen molar-refractivity contribution >= 4 is 17.4 Å². The van der Waals surface area contributed by atoms with E-state index in [0.29, 0.717) is 0 Å². The summed E-state index contributed by atoms with van der Waals surface area (Å²) in [5.74, 6) is 1.41. The van der Waals surface area contributed by atoms with Gasteiger partial charge in [0.2, 0.25) is 5.78 Å². The summed E-state index contributed by atoms with van der Waals surface area (Å²) in [5.41, 5.74) is 0. The average Bonchev–Trinajstić information content (AvgIpc) is 1.65. The van der Waals surface area contributed by atoms with Crippen molar-refractivity contribution in [2.45, 2.75) is 0 Å². The quantitative estimate of drug-likeness (QED) is 0.267. The topological polar surface area (TPSA) is 17.1 Å². The zero-order chi connectivity index (χ0) is 4.99. The lowest BCUT2D eigenvalue weighted by atomic mass is 10.5. The van der Waals surface area contributed by atoms with E-state index in [-0.39, 0.29) is 11.7 Å². The third-order valence-corrected chi connectivity index (χ3v) is 0.525. The number of ketones is 1. The molecule has 6 heavy (non-hydrogen) atoms. The van der Waals surface area contributed by atoms with Gasteiger partial charge in [0.15, 0.2) is 0 Å². The standard InChI is InChI=1S/C4H3ClO/c1-2-4(6)3-5/h1H,3H2. The first kappa shape index (κ1) is 5.52. The molecule has 0 aromatic carbocycles. The van der Waals surface area contributed by atoms with E-state index in [9.17, 15) is 4.79 Å². The lowest BCUT2D eigenvalue weighted by molar-refractivity contribution is -0.111. The second kappa shape index (κ2) is 2.74. The summed E-state index contributed by atoms with van der Waals surface area (Å²) in [6, 6.07) is 0. The van der Waals surface area contributed by atoms with E-state index in [4.69, 9.17) is 11.6 Å². The van der Waals surface area contributed by atoms with Gasteiger partial charge in [0.05, 0.1) is 5.88 Å². The number of rotatable bonds is 1. The Morgan fingerprint density at radius 3 is 2.50 bits per heavy atom. The Labute approximate surface area is 41.3 Å². The maximum atomic E-state index is 9.81. The lowest BCUT2D eigenvalue weighted by Crippen LogP contribution is -1.90. The maximum absolute atomic E-state index is 9.81. The summed E-state index contributed by atoms with van der Waals surface area (Å²) in [5, 5.41) is 0. The van der Waals surface area contributed by atoms with Crippen LogP contribution in [0, 0.1) is 12.3 Å². The van der Waals surface area contributed by atoms with Crippen LogP contribution in [0.25, 0.3) is 0 Å². The van der Waals surface area contributed by atoms with Crippen LogP contribution in [0.1, 0.15) is 0 Å². The van der Waals surface area contributed by atoms with Crippen LogP contribution in [-0.4, -0.2) is 11.7 Å². The van der Waals surface area contributed by atoms with E-state index < -0.39 is 0 Å². The lowest BCUT2D eigenvalue weighted by Gasteiger charge is -1.69. The summed E-state index contributed by atoms with van der Waals surface area (Å²) >= 11 is 4.96. The summed E-state index contributed by atoms with van der Waals surface area (Å²) < 4.78 is 0. The average molecular weight is 103 g/mol. The van der Waals surface area contributed by atoms with E-state index in [1.807, 2.05) is 5.92 Å². The van der Waals surface area contributed by atoms with Crippen molar-refractivity contribution in [2.24, 2.45) is 0 Å². The largest absolute Gasteiger partial charge is 0.284 e. The molecule has 2 heteroatoms. The van der Waals surface area contributed by atoms with Gasteiger partial charge in [0.1, 0.15) is 0 Å². The summed E-state index contributed by atoms with van der Waals surface area (Å²) in [6.07, 6.45) is 4.60. The molecule has 0 spiro atoms. The van der Waals surface area contributed by atoms with Crippen molar-refractivity contribution in [1.29, 1.82) is 0 Å². The number of halogens is 1. The van der Waals surface area contributed by atoms with Gasteiger partial charge in [0.25, 0.3) is 0 Å². The van der Waals surface area contributed by atoms with E-state index in [1.165, 1.54) is 0 Å². The van der Waals surface area contributed by atoms with Gasteiger partial charge in [0, 0.05) is 0 Å². The van der Waals surface area contributed by atoms with Crippen LogP contribution < -0.4 is 0 Å². The molecule has 0 atom stereocenters. The van der Waals surface area contributed by atoms with Gasteiger partial charge in [-0.1, -0.05) is 0 Å². The van der Waals surface area contributed by atoms with Crippen molar-refractivity contribution in [3.8, 4) is 12.3 Å². The van der Waals surface area contributed by atoms with Gasteiger partial charge < -0.3 is 0 Å². The number of carbonyl (C=O) groups is 1. The smallest absolute Gasteiger partial charge is 0.219 e. The Kier molecular flexibility index (Phi) is 2.52. The predicted molar refractivity (Wildman–Crippen MR) is 24.6 cm³/mol. The van der Waals surface area contributed by atoms with Crippen LogP contribution in [0.4, 0.5) is 0 Å². The summed E-state index contributed by atoms with van der Waals surface area (Å²) in [6.45, 7) is 0. The Balaban J connectivity index is 3.33. The minimum Gasteiger partial charge on any atom is -0.284 e. The Bertz CT molecular complexity index is 90.2. The number of alkyl halides is 1. The van der Waals surface area contributed by atoms with Gasteiger partial charge in [-0.05, 0) is 5.92 Å². The highest BCUT2D eigenvalue weighted by atomic mass is 35.5. The van der Waals surface area contributed by atoms with E-state index in [1.54, 1.807) is 0 Å². The molecule has 0 rings (SSSR count). The fourth-order valence-electron chi connectivity index (χ4n) is 0.0386. The molecule has 0 aliphatic rings. The van der Waals surface area contributed by atoms with Crippen LogP contribution in [0.2, 0.25) is 0 Å². The second-order valence-electron chi connectivity index (χ2n) is 0.701. The molecule has 0 bridgehead atoms. The number of hydrogen-bond acceptors (Lipinski definition) is 1. The van der Waals surface area contributed by atoms with Crippen LogP contribution in [-0.2, 0) is 4.79 Å².